The SMILES string of the molecule is CCC(O)CNc1ccc(S(N)(=O)=O)cc1. The molecule has 5 nitrogen and oxygen atoms in total. The van der Waals surface area contributed by atoms with E-state index in [2.05, 4.69) is 5.32 Å². The van der Waals surface area contributed by atoms with Gasteiger partial charge in [-0.2, -0.15) is 0 Å². The molecule has 1 unspecified atom stereocenters. The summed E-state index contributed by atoms with van der Waals surface area (Å²) >= 11 is 0. The third-order valence-corrected chi connectivity index (χ3v) is 3.13. The van der Waals surface area contributed by atoms with Gasteiger partial charge in [-0.3, -0.25) is 0 Å². The first-order valence-electron chi connectivity index (χ1n) is 4.98. The van der Waals surface area contributed by atoms with Crippen LogP contribution in [0, 0.1) is 0 Å². The molecule has 0 fully saturated rings. The molecule has 16 heavy (non-hydrogen) atoms. The second-order valence-corrected chi connectivity index (χ2v) is 5.07. The van der Waals surface area contributed by atoms with Crippen molar-refractivity contribution in [2.45, 2.75) is 24.3 Å². The molecule has 0 saturated heterocycles. The highest BCUT2D eigenvalue weighted by atomic mass is 32.2. The van der Waals surface area contributed by atoms with Crippen molar-refractivity contribution >= 4 is 15.7 Å². The van der Waals surface area contributed by atoms with Gasteiger partial charge in [0.25, 0.3) is 0 Å². The average molecular weight is 244 g/mol. The van der Waals surface area contributed by atoms with Crippen LogP contribution in [0.5, 0.6) is 0 Å². The summed E-state index contributed by atoms with van der Waals surface area (Å²) in [5.74, 6) is 0. The first kappa shape index (κ1) is 13.0. The molecule has 1 rings (SSSR count). The molecule has 0 amide bonds. The van der Waals surface area contributed by atoms with E-state index < -0.39 is 16.1 Å². The molecule has 0 aromatic heterocycles. The highest BCUT2D eigenvalue weighted by Crippen LogP contribution is 2.12. The number of hydrogen-bond donors (Lipinski definition) is 3. The molecular formula is C10H16N2O3S. The van der Waals surface area contributed by atoms with Crippen LogP contribution in [0.1, 0.15) is 13.3 Å². The number of rotatable bonds is 5. The van der Waals surface area contributed by atoms with Gasteiger partial charge in [0.1, 0.15) is 0 Å². The Labute approximate surface area is 95.3 Å². The van der Waals surface area contributed by atoms with Gasteiger partial charge in [0.2, 0.25) is 10.0 Å². The van der Waals surface area contributed by atoms with Crippen LogP contribution >= 0.6 is 0 Å². The molecule has 1 atom stereocenters. The molecule has 6 heteroatoms. The summed E-state index contributed by atoms with van der Waals surface area (Å²) in [6.45, 7) is 2.32. The van der Waals surface area contributed by atoms with Gasteiger partial charge in [0, 0.05) is 12.2 Å². The summed E-state index contributed by atoms with van der Waals surface area (Å²) in [5, 5.41) is 17.3. The van der Waals surface area contributed by atoms with E-state index in [1.54, 1.807) is 12.1 Å². The Bertz CT molecular complexity index is 428. The minimum Gasteiger partial charge on any atom is -0.391 e. The predicted octanol–water partition coefficient (Wildman–Crippen LogP) is 0.517. The number of nitrogens with one attached hydrogen (secondary N) is 1. The average Bonchev–Trinajstić information content (AvgIpc) is 2.25. The van der Waals surface area contributed by atoms with Gasteiger partial charge in [-0.1, -0.05) is 6.92 Å². The van der Waals surface area contributed by atoms with E-state index in [9.17, 15) is 13.5 Å². The molecule has 0 bridgehead atoms. The third kappa shape index (κ3) is 3.80. The smallest absolute Gasteiger partial charge is 0.238 e. The Morgan fingerprint density at radius 3 is 2.38 bits per heavy atom. The standard InChI is InChI=1S/C10H16N2O3S/c1-2-9(13)7-12-8-3-5-10(6-4-8)16(11,14)15/h3-6,9,12-13H,2,7H2,1H3,(H2,11,14,15). The van der Waals surface area contributed by atoms with Crippen LogP contribution in [0.25, 0.3) is 0 Å². The maximum atomic E-state index is 11.0. The number of nitrogens with two attached hydrogens (primary N) is 1. The van der Waals surface area contributed by atoms with Gasteiger partial charge in [-0.15, -0.1) is 0 Å². The molecule has 0 aliphatic heterocycles. The van der Waals surface area contributed by atoms with Gasteiger partial charge < -0.3 is 10.4 Å². The van der Waals surface area contributed by atoms with Gasteiger partial charge in [0.05, 0.1) is 11.0 Å². The fraction of sp³-hybridized carbons (Fsp3) is 0.400. The van der Waals surface area contributed by atoms with Crippen molar-refractivity contribution < 1.29 is 13.5 Å². The van der Waals surface area contributed by atoms with Gasteiger partial charge >= 0.3 is 0 Å². The van der Waals surface area contributed by atoms with Crippen LogP contribution in [-0.4, -0.2) is 26.2 Å². The molecule has 90 valence electrons. The van der Waals surface area contributed by atoms with Crippen LogP contribution in [0.4, 0.5) is 5.69 Å². The predicted molar refractivity (Wildman–Crippen MR) is 62.6 cm³/mol. The second kappa shape index (κ2) is 5.29. The lowest BCUT2D eigenvalue weighted by Crippen LogP contribution is -2.18. The van der Waals surface area contributed by atoms with Gasteiger partial charge in [0.15, 0.2) is 0 Å². The van der Waals surface area contributed by atoms with E-state index in [0.717, 1.165) is 5.69 Å². The normalized spacial score (nSPS) is 13.4. The van der Waals surface area contributed by atoms with Gasteiger partial charge in [-0.25, -0.2) is 13.6 Å². The number of hydrogen-bond acceptors (Lipinski definition) is 4. The van der Waals surface area contributed by atoms with Crippen molar-refractivity contribution in [3.05, 3.63) is 24.3 Å². The lowest BCUT2D eigenvalue weighted by Gasteiger charge is -2.10. The third-order valence-electron chi connectivity index (χ3n) is 2.20. The van der Waals surface area contributed by atoms with Crippen molar-refractivity contribution in [2.24, 2.45) is 5.14 Å². The van der Waals surface area contributed by atoms with Crippen LogP contribution in [-0.2, 0) is 10.0 Å². The molecule has 1 aromatic rings. The Hall–Kier alpha value is -1.11. The van der Waals surface area contributed by atoms with E-state index in [4.69, 9.17) is 5.14 Å². The molecule has 4 N–H and O–H groups in total. The largest absolute Gasteiger partial charge is 0.391 e. The maximum absolute atomic E-state index is 11.0. The van der Waals surface area contributed by atoms with Crippen molar-refractivity contribution in [1.82, 2.24) is 0 Å². The van der Waals surface area contributed by atoms with Crippen LogP contribution in [0.15, 0.2) is 29.2 Å². The maximum Gasteiger partial charge on any atom is 0.238 e. The van der Waals surface area contributed by atoms with E-state index in [1.165, 1.54) is 12.1 Å². The summed E-state index contributed by atoms with van der Waals surface area (Å²) < 4.78 is 21.9. The first-order chi connectivity index (χ1) is 7.43. The number of primary sulfonamides is 1. The van der Waals surface area contributed by atoms with Crippen molar-refractivity contribution in [3.63, 3.8) is 0 Å². The van der Waals surface area contributed by atoms with Crippen molar-refractivity contribution in [3.8, 4) is 0 Å². The Kier molecular flexibility index (Phi) is 4.28. The lowest BCUT2D eigenvalue weighted by atomic mass is 10.2. The number of aliphatic hydroxyl groups excluding tert-OH is 1. The van der Waals surface area contributed by atoms with E-state index in [1.807, 2.05) is 6.92 Å². The fourth-order valence-corrected chi connectivity index (χ4v) is 1.66. The first-order valence-corrected chi connectivity index (χ1v) is 6.53. The Morgan fingerprint density at radius 1 is 1.38 bits per heavy atom. The van der Waals surface area contributed by atoms with Gasteiger partial charge in [-0.05, 0) is 30.7 Å². The van der Waals surface area contributed by atoms with E-state index in [-0.39, 0.29) is 4.90 Å². The quantitative estimate of drug-likeness (QED) is 0.704. The molecule has 0 saturated carbocycles. The summed E-state index contributed by atoms with van der Waals surface area (Å²) in [5.41, 5.74) is 0.750. The van der Waals surface area contributed by atoms with E-state index >= 15 is 0 Å². The number of aliphatic hydroxyl groups is 1. The zero-order valence-corrected chi connectivity index (χ0v) is 9.87. The molecule has 0 spiro atoms. The molecule has 0 radical (unpaired) electrons. The molecular weight excluding hydrogens is 228 g/mol. The fourth-order valence-electron chi connectivity index (χ4n) is 1.14. The second-order valence-electron chi connectivity index (χ2n) is 3.51. The molecule has 0 aliphatic carbocycles. The number of anilines is 1. The van der Waals surface area contributed by atoms with Crippen LogP contribution < -0.4 is 10.5 Å². The Morgan fingerprint density at radius 2 is 1.94 bits per heavy atom. The number of benzene rings is 1. The van der Waals surface area contributed by atoms with Crippen molar-refractivity contribution in [1.29, 1.82) is 0 Å². The summed E-state index contributed by atoms with van der Waals surface area (Å²) in [4.78, 5) is 0.0779. The van der Waals surface area contributed by atoms with Crippen LogP contribution in [0.3, 0.4) is 0 Å². The zero-order chi connectivity index (χ0) is 12.2. The number of sulfonamides is 1. The minimum absolute atomic E-state index is 0.0779. The molecule has 1 aromatic carbocycles. The van der Waals surface area contributed by atoms with E-state index in [0.29, 0.717) is 13.0 Å². The Balaban J connectivity index is 2.66. The summed E-state index contributed by atoms with van der Waals surface area (Å²) in [6.07, 6.45) is 0.264. The monoisotopic (exact) mass is 244 g/mol. The molecule has 0 heterocycles. The topological polar surface area (TPSA) is 92.4 Å². The summed E-state index contributed by atoms with van der Waals surface area (Å²) in [7, 11) is -3.63. The summed E-state index contributed by atoms with van der Waals surface area (Å²) in [6, 6.07) is 6.08. The molecule has 0 aliphatic rings. The highest BCUT2D eigenvalue weighted by Gasteiger charge is 2.06. The highest BCUT2D eigenvalue weighted by molar-refractivity contribution is 7.89. The minimum atomic E-state index is -3.63. The van der Waals surface area contributed by atoms with Crippen molar-refractivity contribution in [2.75, 3.05) is 11.9 Å². The van der Waals surface area contributed by atoms with Crippen LogP contribution in [0.2, 0.25) is 0 Å². The lowest BCUT2D eigenvalue weighted by molar-refractivity contribution is 0.183. The zero-order valence-electron chi connectivity index (χ0n) is 9.05.